The first-order valence-electron chi connectivity index (χ1n) is 5.78. The molecule has 0 saturated carbocycles. The van der Waals surface area contributed by atoms with Gasteiger partial charge in [0.1, 0.15) is 5.82 Å². The van der Waals surface area contributed by atoms with Gasteiger partial charge in [-0.25, -0.2) is 10.2 Å². The van der Waals surface area contributed by atoms with Crippen LogP contribution in [0.25, 0.3) is 0 Å². The second-order valence-electron chi connectivity index (χ2n) is 3.98. The highest BCUT2D eigenvalue weighted by Crippen LogP contribution is 2.16. The highest BCUT2D eigenvalue weighted by Gasteiger charge is 2.13. The summed E-state index contributed by atoms with van der Waals surface area (Å²) in [5, 5.41) is 2.58. The molecule has 0 aliphatic heterocycles. The minimum absolute atomic E-state index is 0.241. The number of hydrogen-bond acceptors (Lipinski definition) is 3. The molecule has 0 aliphatic carbocycles. The summed E-state index contributed by atoms with van der Waals surface area (Å²) in [5.74, 6) is 3.69. The van der Waals surface area contributed by atoms with Crippen LogP contribution in [0.4, 0.5) is 10.1 Å². The standard InChI is InChI=1S/C14H12FN3O2/c15-10-7-5-9(6-8-10)13(19)17-12-4-2-1-3-11(12)14(20)18-16/h1-8H,16H2,(H,17,19)(H,18,20). The van der Waals surface area contributed by atoms with E-state index in [4.69, 9.17) is 5.84 Å². The van der Waals surface area contributed by atoms with Crippen LogP contribution in [0.15, 0.2) is 48.5 Å². The van der Waals surface area contributed by atoms with Crippen LogP contribution in [0.3, 0.4) is 0 Å². The van der Waals surface area contributed by atoms with Crippen molar-refractivity contribution in [3.63, 3.8) is 0 Å². The highest BCUT2D eigenvalue weighted by molar-refractivity contribution is 6.08. The number of hydrazine groups is 1. The lowest BCUT2D eigenvalue weighted by Gasteiger charge is -2.09. The number of carbonyl (C=O) groups is 2. The van der Waals surface area contributed by atoms with Crippen LogP contribution in [0.1, 0.15) is 20.7 Å². The molecule has 4 N–H and O–H groups in total. The number of benzene rings is 2. The summed E-state index contributed by atoms with van der Waals surface area (Å²) in [6.07, 6.45) is 0. The molecule has 6 heteroatoms. The third kappa shape index (κ3) is 2.99. The Hall–Kier alpha value is -2.73. The van der Waals surface area contributed by atoms with E-state index in [1.165, 1.54) is 30.3 Å². The van der Waals surface area contributed by atoms with Crippen molar-refractivity contribution in [3.05, 3.63) is 65.5 Å². The molecule has 0 fully saturated rings. The molecular weight excluding hydrogens is 261 g/mol. The Balaban J connectivity index is 2.24. The average Bonchev–Trinajstić information content (AvgIpc) is 2.47. The van der Waals surface area contributed by atoms with Crippen LogP contribution < -0.4 is 16.6 Å². The third-order valence-electron chi connectivity index (χ3n) is 2.66. The molecular formula is C14H12FN3O2. The Kier molecular flexibility index (Phi) is 4.07. The molecule has 0 aliphatic rings. The summed E-state index contributed by atoms with van der Waals surface area (Å²) < 4.78 is 12.8. The van der Waals surface area contributed by atoms with Gasteiger partial charge < -0.3 is 5.32 Å². The minimum atomic E-state index is -0.514. The van der Waals surface area contributed by atoms with E-state index in [2.05, 4.69) is 5.32 Å². The van der Waals surface area contributed by atoms with E-state index >= 15 is 0 Å². The third-order valence-corrected chi connectivity index (χ3v) is 2.66. The van der Waals surface area contributed by atoms with E-state index in [0.717, 1.165) is 0 Å². The van der Waals surface area contributed by atoms with E-state index in [1.54, 1.807) is 18.2 Å². The van der Waals surface area contributed by atoms with Gasteiger partial charge in [-0.1, -0.05) is 12.1 Å². The summed E-state index contributed by atoms with van der Waals surface area (Å²) in [7, 11) is 0. The molecule has 5 nitrogen and oxygen atoms in total. The molecule has 0 saturated heterocycles. The summed E-state index contributed by atoms with van der Waals surface area (Å²) in [6, 6.07) is 11.5. The SMILES string of the molecule is NNC(=O)c1ccccc1NC(=O)c1ccc(F)cc1. The van der Waals surface area contributed by atoms with Gasteiger partial charge in [-0.05, 0) is 36.4 Å². The zero-order chi connectivity index (χ0) is 14.5. The quantitative estimate of drug-likeness (QED) is 0.452. The number of nitrogen functional groups attached to an aromatic ring is 1. The topological polar surface area (TPSA) is 84.2 Å². The maximum atomic E-state index is 12.8. The highest BCUT2D eigenvalue weighted by atomic mass is 19.1. The van der Waals surface area contributed by atoms with E-state index in [1.807, 2.05) is 5.43 Å². The van der Waals surface area contributed by atoms with Crippen LogP contribution in [0.5, 0.6) is 0 Å². The Morgan fingerprint density at radius 1 is 0.950 bits per heavy atom. The molecule has 0 heterocycles. The molecule has 0 radical (unpaired) electrons. The largest absolute Gasteiger partial charge is 0.321 e. The van der Waals surface area contributed by atoms with Crippen LogP contribution in [0, 0.1) is 5.82 Å². The summed E-state index contributed by atoms with van der Waals surface area (Å²) in [4.78, 5) is 23.6. The predicted octanol–water partition coefficient (Wildman–Crippen LogP) is 1.68. The second kappa shape index (κ2) is 5.94. The number of para-hydroxylation sites is 1. The lowest BCUT2D eigenvalue weighted by Crippen LogP contribution is -2.31. The van der Waals surface area contributed by atoms with Crippen molar-refractivity contribution in [1.82, 2.24) is 5.43 Å². The zero-order valence-corrected chi connectivity index (χ0v) is 10.4. The molecule has 0 spiro atoms. The van der Waals surface area contributed by atoms with Gasteiger partial charge in [0, 0.05) is 5.56 Å². The van der Waals surface area contributed by atoms with Crippen LogP contribution in [0.2, 0.25) is 0 Å². The Bertz CT molecular complexity index is 641. The monoisotopic (exact) mass is 273 g/mol. The summed E-state index contributed by atoms with van der Waals surface area (Å²) >= 11 is 0. The molecule has 0 atom stereocenters. The second-order valence-corrected chi connectivity index (χ2v) is 3.98. The van der Waals surface area contributed by atoms with Gasteiger partial charge in [0.15, 0.2) is 0 Å². The molecule has 2 aromatic rings. The van der Waals surface area contributed by atoms with Gasteiger partial charge in [-0.15, -0.1) is 0 Å². The lowest BCUT2D eigenvalue weighted by molar-refractivity contribution is 0.0954. The van der Waals surface area contributed by atoms with Crippen molar-refractivity contribution in [2.45, 2.75) is 0 Å². The average molecular weight is 273 g/mol. The van der Waals surface area contributed by atoms with E-state index in [0.29, 0.717) is 5.69 Å². The molecule has 2 rings (SSSR count). The Morgan fingerprint density at radius 3 is 2.25 bits per heavy atom. The van der Waals surface area contributed by atoms with Gasteiger partial charge in [0.2, 0.25) is 0 Å². The van der Waals surface area contributed by atoms with E-state index < -0.39 is 17.6 Å². The fourth-order valence-electron chi connectivity index (χ4n) is 1.66. The fourth-order valence-corrected chi connectivity index (χ4v) is 1.66. The number of rotatable bonds is 3. The van der Waals surface area contributed by atoms with Crippen molar-refractivity contribution in [2.75, 3.05) is 5.32 Å². The number of nitrogens with two attached hydrogens (primary N) is 1. The molecule has 102 valence electrons. The Morgan fingerprint density at radius 2 is 1.60 bits per heavy atom. The van der Waals surface area contributed by atoms with Crippen LogP contribution >= 0.6 is 0 Å². The van der Waals surface area contributed by atoms with Gasteiger partial charge in [-0.3, -0.25) is 15.0 Å². The lowest BCUT2D eigenvalue weighted by atomic mass is 10.1. The predicted molar refractivity (Wildman–Crippen MR) is 72.4 cm³/mol. The van der Waals surface area contributed by atoms with Crippen molar-refractivity contribution >= 4 is 17.5 Å². The number of amides is 2. The fraction of sp³-hybridized carbons (Fsp3) is 0. The molecule has 20 heavy (non-hydrogen) atoms. The van der Waals surface area contributed by atoms with Crippen LogP contribution in [-0.2, 0) is 0 Å². The number of hydrogen-bond donors (Lipinski definition) is 3. The van der Waals surface area contributed by atoms with E-state index in [9.17, 15) is 14.0 Å². The van der Waals surface area contributed by atoms with Gasteiger partial charge in [0.05, 0.1) is 11.3 Å². The first-order chi connectivity index (χ1) is 9.61. The van der Waals surface area contributed by atoms with Crippen molar-refractivity contribution in [3.8, 4) is 0 Å². The molecule has 0 aromatic heterocycles. The van der Waals surface area contributed by atoms with Gasteiger partial charge >= 0.3 is 0 Å². The smallest absolute Gasteiger partial charge is 0.267 e. The van der Waals surface area contributed by atoms with Gasteiger partial charge in [0.25, 0.3) is 11.8 Å². The zero-order valence-electron chi connectivity index (χ0n) is 10.4. The molecule has 2 amide bonds. The van der Waals surface area contributed by atoms with Crippen LogP contribution in [-0.4, -0.2) is 11.8 Å². The van der Waals surface area contributed by atoms with Crippen molar-refractivity contribution < 1.29 is 14.0 Å². The first kappa shape index (κ1) is 13.7. The summed E-state index contributed by atoms with van der Waals surface area (Å²) in [5.41, 5.74) is 2.85. The molecule has 2 aromatic carbocycles. The Labute approximate surface area is 114 Å². The normalized spacial score (nSPS) is 9.90. The minimum Gasteiger partial charge on any atom is -0.321 e. The van der Waals surface area contributed by atoms with E-state index in [-0.39, 0.29) is 11.1 Å². The number of anilines is 1. The first-order valence-corrected chi connectivity index (χ1v) is 5.78. The number of nitrogens with one attached hydrogen (secondary N) is 2. The van der Waals surface area contributed by atoms with Gasteiger partial charge in [-0.2, -0.15) is 0 Å². The summed E-state index contributed by atoms with van der Waals surface area (Å²) in [6.45, 7) is 0. The maximum Gasteiger partial charge on any atom is 0.267 e. The van der Waals surface area contributed by atoms with Crippen molar-refractivity contribution in [1.29, 1.82) is 0 Å². The molecule has 0 unspecified atom stereocenters. The maximum absolute atomic E-state index is 12.8. The number of halogens is 1. The van der Waals surface area contributed by atoms with Crippen molar-refractivity contribution in [2.24, 2.45) is 5.84 Å². The molecule has 0 bridgehead atoms. The number of carbonyl (C=O) groups excluding carboxylic acids is 2.